The number of benzene rings is 2. The van der Waals surface area contributed by atoms with Gasteiger partial charge < -0.3 is 14.2 Å². The molecule has 29 heavy (non-hydrogen) atoms. The molecule has 0 saturated carbocycles. The standard InChI is InChI=1S/C24H27FN2O2/c1-24(2,3)18-8-9-22-19(15-18)17(16-29-22)14-23(28)27-12-10-26(11-13-27)21-7-5-4-6-20(21)25/h4-9,15-16H,10-14H2,1-3H3. The van der Waals surface area contributed by atoms with Crippen LogP contribution in [0.1, 0.15) is 31.9 Å². The summed E-state index contributed by atoms with van der Waals surface area (Å²) in [7, 11) is 0. The van der Waals surface area contributed by atoms with Crippen LogP contribution in [0.25, 0.3) is 11.0 Å². The highest BCUT2D eigenvalue weighted by Gasteiger charge is 2.24. The SMILES string of the molecule is CC(C)(C)c1ccc2occ(CC(=O)N3CCN(c4ccccc4F)CC3)c2c1. The Bertz CT molecular complexity index is 1030. The lowest BCUT2D eigenvalue weighted by molar-refractivity contribution is -0.130. The van der Waals surface area contributed by atoms with Gasteiger partial charge in [-0.15, -0.1) is 0 Å². The number of piperazine rings is 1. The molecule has 0 bridgehead atoms. The predicted octanol–water partition coefficient (Wildman–Crippen LogP) is 4.76. The van der Waals surface area contributed by atoms with Gasteiger partial charge in [0.15, 0.2) is 0 Å². The van der Waals surface area contributed by atoms with E-state index in [1.165, 1.54) is 11.6 Å². The number of hydrogen-bond donors (Lipinski definition) is 0. The zero-order valence-electron chi connectivity index (χ0n) is 17.2. The van der Waals surface area contributed by atoms with E-state index >= 15 is 0 Å². The molecule has 1 aromatic heterocycles. The molecule has 3 aromatic rings. The minimum Gasteiger partial charge on any atom is -0.464 e. The lowest BCUT2D eigenvalue weighted by Crippen LogP contribution is -2.49. The fourth-order valence-corrected chi connectivity index (χ4v) is 3.86. The van der Waals surface area contributed by atoms with E-state index in [4.69, 9.17) is 4.42 Å². The summed E-state index contributed by atoms with van der Waals surface area (Å²) in [5.41, 5.74) is 3.60. The predicted molar refractivity (Wildman–Crippen MR) is 114 cm³/mol. The molecule has 0 N–H and O–H groups in total. The van der Waals surface area contributed by atoms with Crippen molar-refractivity contribution in [1.29, 1.82) is 0 Å². The smallest absolute Gasteiger partial charge is 0.227 e. The average Bonchev–Trinajstić information content (AvgIpc) is 3.10. The second-order valence-electron chi connectivity index (χ2n) is 8.72. The van der Waals surface area contributed by atoms with Crippen LogP contribution in [0.4, 0.5) is 10.1 Å². The van der Waals surface area contributed by atoms with Crippen LogP contribution in [0.2, 0.25) is 0 Å². The van der Waals surface area contributed by atoms with Crippen molar-refractivity contribution < 1.29 is 13.6 Å². The van der Waals surface area contributed by atoms with Crippen LogP contribution in [0.5, 0.6) is 0 Å². The molecule has 1 fully saturated rings. The Morgan fingerprint density at radius 2 is 1.79 bits per heavy atom. The number of para-hydroxylation sites is 1. The van der Waals surface area contributed by atoms with Crippen LogP contribution < -0.4 is 4.90 Å². The Kier molecular flexibility index (Phi) is 5.07. The third-order valence-electron chi connectivity index (χ3n) is 5.69. The zero-order chi connectivity index (χ0) is 20.6. The Morgan fingerprint density at radius 1 is 1.07 bits per heavy atom. The van der Waals surface area contributed by atoms with Gasteiger partial charge in [0.1, 0.15) is 11.4 Å². The van der Waals surface area contributed by atoms with Gasteiger partial charge in [-0.05, 0) is 35.2 Å². The summed E-state index contributed by atoms with van der Waals surface area (Å²) in [5, 5.41) is 1.01. The van der Waals surface area contributed by atoms with E-state index in [2.05, 4.69) is 32.9 Å². The number of amides is 1. The number of furan rings is 1. The van der Waals surface area contributed by atoms with Crippen molar-refractivity contribution in [3.8, 4) is 0 Å². The minimum atomic E-state index is -0.216. The first kappa shape index (κ1) is 19.5. The topological polar surface area (TPSA) is 36.7 Å². The van der Waals surface area contributed by atoms with E-state index in [0.29, 0.717) is 38.3 Å². The summed E-state index contributed by atoms with van der Waals surface area (Å²) in [6.07, 6.45) is 2.02. The van der Waals surface area contributed by atoms with Crippen molar-refractivity contribution in [2.45, 2.75) is 32.6 Å². The molecule has 0 atom stereocenters. The third-order valence-corrected chi connectivity index (χ3v) is 5.69. The molecule has 152 valence electrons. The van der Waals surface area contributed by atoms with Crippen molar-refractivity contribution in [2.75, 3.05) is 31.1 Å². The fraction of sp³-hybridized carbons (Fsp3) is 0.375. The molecule has 4 nitrogen and oxygen atoms in total. The van der Waals surface area contributed by atoms with E-state index in [1.807, 2.05) is 21.9 Å². The van der Waals surface area contributed by atoms with Gasteiger partial charge in [-0.1, -0.05) is 39.0 Å². The highest BCUT2D eigenvalue weighted by atomic mass is 19.1. The van der Waals surface area contributed by atoms with E-state index in [0.717, 1.165) is 16.5 Å². The number of fused-ring (bicyclic) bond motifs is 1. The first-order chi connectivity index (χ1) is 13.8. The summed E-state index contributed by atoms with van der Waals surface area (Å²) in [5.74, 6) is -0.131. The normalized spacial score (nSPS) is 15.2. The summed E-state index contributed by atoms with van der Waals surface area (Å²) in [6, 6.07) is 13.0. The molecule has 0 spiro atoms. The average molecular weight is 394 g/mol. The number of hydrogen-bond acceptors (Lipinski definition) is 3. The van der Waals surface area contributed by atoms with Gasteiger partial charge >= 0.3 is 0 Å². The molecule has 1 aliphatic heterocycles. The summed E-state index contributed by atoms with van der Waals surface area (Å²) >= 11 is 0. The van der Waals surface area contributed by atoms with E-state index in [1.54, 1.807) is 18.4 Å². The summed E-state index contributed by atoms with van der Waals surface area (Å²) in [4.78, 5) is 16.8. The van der Waals surface area contributed by atoms with Gasteiger partial charge in [0, 0.05) is 37.1 Å². The van der Waals surface area contributed by atoms with Crippen molar-refractivity contribution in [3.63, 3.8) is 0 Å². The molecule has 5 heteroatoms. The third kappa shape index (κ3) is 4.00. The van der Waals surface area contributed by atoms with E-state index in [9.17, 15) is 9.18 Å². The van der Waals surface area contributed by atoms with Crippen molar-refractivity contribution in [3.05, 3.63) is 65.7 Å². The van der Waals surface area contributed by atoms with Gasteiger partial charge in [0.05, 0.1) is 18.4 Å². The van der Waals surface area contributed by atoms with Crippen LogP contribution >= 0.6 is 0 Å². The molecule has 0 aliphatic carbocycles. The molecule has 1 saturated heterocycles. The van der Waals surface area contributed by atoms with Crippen LogP contribution in [0.3, 0.4) is 0 Å². The second kappa shape index (κ2) is 7.54. The first-order valence-corrected chi connectivity index (χ1v) is 10.1. The number of nitrogens with zero attached hydrogens (tertiary/aromatic N) is 2. The molecule has 2 aromatic carbocycles. The zero-order valence-corrected chi connectivity index (χ0v) is 17.2. The number of anilines is 1. The van der Waals surface area contributed by atoms with Crippen molar-refractivity contribution in [1.82, 2.24) is 4.90 Å². The fourth-order valence-electron chi connectivity index (χ4n) is 3.86. The van der Waals surface area contributed by atoms with Gasteiger partial charge in [0.25, 0.3) is 0 Å². The second-order valence-corrected chi connectivity index (χ2v) is 8.72. The summed E-state index contributed by atoms with van der Waals surface area (Å²) in [6.45, 7) is 8.97. The van der Waals surface area contributed by atoms with E-state index < -0.39 is 0 Å². The summed E-state index contributed by atoms with van der Waals surface area (Å²) < 4.78 is 19.7. The van der Waals surface area contributed by atoms with Crippen LogP contribution in [0.15, 0.2) is 53.1 Å². The Labute approximate surface area is 170 Å². The van der Waals surface area contributed by atoms with Crippen LogP contribution in [-0.4, -0.2) is 37.0 Å². The Morgan fingerprint density at radius 3 is 2.48 bits per heavy atom. The van der Waals surface area contributed by atoms with Crippen molar-refractivity contribution >= 4 is 22.6 Å². The molecule has 0 radical (unpaired) electrons. The number of halogens is 1. The maximum Gasteiger partial charge on any atom is 0.227 e. The lowest BCUT2D eigenvalue weighted by Gasteiger charge is -2.36. The Balaban J connectivity index is 1.45. The molecule has 0 unspecified atom stereocenters. The number of carbonyl (C=O) groups excluding carboxylic acids is 1. The first-order valence-electron chi connectivity index (χ1n) is 10.1. The maximum atomic E-state index is 14.0. The van der Waals surface area contributed by atoms with Gasteiger partial charge in [-0.2, -0.15) is 0 Å². The Hall–Kier alpha value is -2.82. The quantitative estimate of drug-likeness (QED) is 0.643. The van der Waals surface area contributed by atoms with Crippen molar-refractivity contribution in [2.24, 2.45) is 0 Å². The lowest BCUT2D eigenvalue weighted by atomic mass is 9.86. The van der Waals surface area contributed by atoms with E-state index in [-0.39, 0.29) is 17.1 Å². The van der Waals surface area contributed by atoms with Crippen LogP contribution in [0, 0.1) is 5.82 Å². The largest absolute Gasteiger partial charge is 0.464 e. The maximum absolute atomic E-state index is 14.0. The highest BCUT2D eigenvalue weighted by molar-refractivity contribution is 5.88. The molecular weight excluding hydrogens is 367 g/mol. The number of rotatable bonds is 3. The molecular formula is C24H27FN2O2. The number of carbonyl (C=O) groups is 1. The molecule has 1 aliphatic rings. The molecule has 4 rings (SSSR count). The molecule has 1 amide bonds. The monoisotopic (exact) mass is 394 g/mol. The highest BCUT2D eigenvalue weighted by Crippen LogP contribution is 2.29. The minimum absolute atomic E-state index is 0.0375. The van der Waals surface area contributed by atoms with Gasteiger partial charge in [-0.3, -0.25) is 4.79 Å². The van der Waals surface area contributed by atoms with Gasteiger partial charge in [0.2, 0.25) is 5.91 Å². The molecule has 2 heterocycles. The van der Waals surface area contributed by atoms with Crippen LogP contribution in [-0.2, 0) is 16.6 Å². The van der Waals surface area contributed by atoms with Gasteiger partial charge in [-0.25, -0.2) is 4.39 Å².